The molecule has 1 aliphatic heterocycles. The van der Waals surface area contributed by atoms with Gasteiger partial charge in [0, 0.05) is 36.7 Å². The van der Waals surface area contributed by atoms with Crippen LogP contribution >= 0.6 is 0 Å². The Morgan fingerprint density at radius 1 is 1.00 bits per heavy atom. The van der Waals surface area contributed by atoms with Crippen LogP contribution in [0.15, 0.2) is 78.0 Å². The molecule has 2 aromatic carbocycles. The van der Waals surface area contributed by atoms with Gasteiger partial charge in [-0.1, -0.05) is 18.2 Å². The maximum atomic E-state index is 12.4. The first-order valence-corrected chi connectivity index (χ1v) is 12.9. The average Bonchev–Trinajstić information content (AvgIpc) is 3.37. The van der Waals surface area contributed by atoms with E-state index >= 15 is 0 Å². The minimum atomic E-state index is -3.97. The molecule has 1 unspecified atom stereocenters. The zero-order valence-corrected chi connectivity index (χ0v) is 20.1. The topological polar surface area (TPSA) is 143 Å². The van der Waals surface area contributed by atoms with Crippen molar-refractivity contribution >= 4 is 33.5 Å². The van der Waals surface area contributed by atoms with Gasteiger partial charge in [0.05, 0.1) is 11.3 Å². The van der Waals surface area contributed by atoms with Gasteiger partial charge in [-0.25, -0.2) is 18.4 Å². The van der Waals surface area contributed by atoms with Crippen molar-refractivity contribution in [3.05, 3.63) is 78.6 Å². The molecule has 4 rings (SSSR count). The number of carbonyl (C=O) groups excluding carboxylic acids is 2. The zero-order valence-electron chi connectivity index (χ0n) is 19.3. The van der Waals surface area contributed by atoms with Gasteiger partial charge in [-0.3, -0.25) is 9.59 Å². The number of nitrogens with one attached hydrogen (secondary N) is 3. The number of carbonyl (C=O) groups is 2. The second-order valence-electron chi connectivity index (χ2n) is 7.99. The van der Waals surface area contributed by atoms with Gasteiger partial charge in [0.15, 0.2) is 0 Å². The Morgan fingerprint density at radius 3 is 2.44 bits per heavy atom. The molecule has 1 atom stereocenters. The molecular formula is C24H26N6O5S. The number of amides is 1. The summed E-state index contributed by atoms with van der Waals surface area (Å²) in [4.78, 5) is 41.3. The number of hydrogen-bond acceptors (Lipinski definition) is 9. The molecule has 1 aromatic heterocycles. The maximum absolute atomic E-state index is 12.4. The molecule has 36 heavy (non-hydrogen) atoms. The fourth-order valence-electron chi connectivity index (χ4n) is 3.73. The number of anilines is 2. The van der Waals surface area contributed by atoms with Crippen LogP contribution in [0.25, 0.3) is 0 Å². The Labute approximate surface area is 208 Å². The quantitative estimate of drug-likeness (QED) is 0.349. The van der Waals surface area contributed by atoms with Crippen molar-refractivity contribution < 1.29 is 22.8 Å². The summed E-state index contributed by atoms with van der Waals surface area (Å²) in [5.41, 5.74) is 1.40. The lowest BCUT2D eigenvalue weighted by Gasteiger charge is -2.27. The molecule has 2 heterocycles. The van der Waals surface area contributed by atoms with Gasteiger partial charge in [0.2, 0.25) is 5.95 Å². The van der Waals surface area contributed by atoms with Crippen molar-refractivity contribution in [1.82, 2.24) is 20.2 Å². The molecule has 1 amide bonds. The summed E-state index contributed by atoms with van der Waals surface area (Å²) >= 11 is 0. The first kappa shape index (κ1) is 25.1. The van der Waals surface area contributed by atoms with Crippen molar-refractivity contribution in [2.24, 2.45) is 0 Å². The molecule has 0 aliphatic carbocycles. The predicted molar refractivity (Wildman–Crippen MR) is 132 cm³/mol. The van der Waals surface area contributed by atoms with E-state index in [0.717, 1.165) is 25.1 Å². The first-order chi connectivity index (χ1) is 17.4. The number of sulfonamides is 1. The second kappa shape index (κ2) is 11.6. The van der Waals surface area contributed by atoms with Crippen LogP contribution < -0.4 is 20.4 Å². The van der Waals surface area contributed by atoms with Crippen LogP contribution in [-0.2, 0) is 19.7 Å². The van der Waals surface area contributed by atoms with Crippen LogP contribution in [-0.4, -0.2) is 49.5 Å². The lowest BCUT2D eigenvalue weighted by molar-refractivity contribution is -0.146. The molecule has 0 bridgehead atoms. The fourth-order valence-corrected chi connectivity index (χ4v) is 4.55. The first-order valence-electron chi connectivity index (χ1n) is 11.4. The van der Waals surface area contributed by atoms with Gasteiger partial charge < -0.3 is 20.4 Å². The van der Waals surface area contributed by atoms with Gasteiger partial charge in [-0.2, -0.15) is 0 Å². The summed E-state index contributed by atoms with van der Waals surface area (Å²) in [5.74, 6) is -0.607. The molecule has 3 aromatic rings. The molecule has 11 nitrogen and oxygen atoms in total. The molecule has 12 heteroatoms. The van der Waals surface area contributed by atoms with E-state index in [9.17, 15) is 18.0 Å². The molecule has 0 radical (unpaired) electrons. The zero-order chi connectivity index (χ0) is 25.4. The lowest BCUT2D eigenvalue weighted by atomic mass is 10.2. The van der Waals surface area contributed by atoms with Crippen molar-refractivity contribution in [1.29, 1.82) is 0 Å². The summed E-state index contributed by atoms with van der Waals surface area (Å²) < 4.78 is 24.1. The minimum absolute atomic E-state index is 0.0122. The SMILES string of the molecule is O=C(CCNC(=O)c1ccc(N2CCCC2Nc2ncccn2)cc1)ONS(=O)(=O)c1ccccc1. The maximum Gasteiger partial charge on any atom is 0.327 e. The lowest BCUT2D eigenvalue weighted by Crippen LogP contribution is -2.36. The van der Waals surface area contributed by atoms with E-state index in [2.05, 4.69) is 30.3 Å². The van der Waals surface area contributed by atoms with E-state index in [4.69, 9.17) is 0 Å². The summed E-state index contributed by atoms with van der Waals surface area (Å²) in [7, 11) is -3.97. The minimum Gasteiger partial charge on any atom is -0.356 e. The normalized spacial score (nSPS) is 15.3. The number of hydrogen-bond donors (Lipinski definition) is 3. The summed E-state index contributed by atoms with van der Waals surface area (Å²) in [6.07, 6.45) is 5.18. The third-order valence-electron chi connectivity index (χ3n) is 5.51. The smallest absolute Gasteiger partial charge is 0.327 e. The molecule has 1 saturated heterocycles. The molecule has 3 N–H and O–H groups in total. The molecule has 0 saturated carbocycles. The van der Waals surface area contributed by atoms with Crippen LogP contribution in [0.2, 0.25) is 0 Å². The van der Waals surface area contributed by atoms with Crippen molar-refractivity contribution in [2.45, 2.75) is 30.3 Å². The van der Waals surface area contributed by atoms with Crippen LogP contribution in [0, 0.1) is 0 Å². The number of benzene rings is 2. The Kier molecular flexibility index (Phi) is 8.08. The number of nitrogens with zero attached hydrogens (tertiary/aromatic N) is 3. The fraction of sp³-hybridized carbons (Fsp3) is 0.250. The van der Waals surface area contributed by atoms with Gasteiger partial charge in [0.1, 0.15) is 6.17 Å². The Bertz CT molecular complexity index is 1270. The number of rotatable bonds is 10. The largest absolute Gasteiger partial charge is 0.356 e. The van der Waals surface area contributed by atoms with E-state index in [1.165, 1.54) is 12.1 Å². The number of aromatic nitrogens is 2. The van der Waals surface area contributed by atoms with Crippen LogP contribution in [0.4, 0.5) is 11.6 Å². The van der Waals surface area contributed by atoms with E-state index in [0.29, 0.717) is 11.5 Å². The average molecular weight is 511 g/mol. The summed E-state index contributed by atoms with van der Waals surface area (Å²) in [6.45, 7) is 0.855. The van der Waals surface area contributed by atoms with Gasteiger partial charge in [-0.15, -0.1) is 0 Å². The van der Waals surface area contributed by atoms with E-state index < -0.39 is 16.0 Å². The van der Waals surface area contributed by atoms with Gasteiger partial charge in [-0.05, 0) is 60.2 Å². The van der Waals surface area contributed by atoms with Crippen LogP contribution in [0.5, 0.6) is 0 Å². The Balaban J connectivity index is 1.23. The van der Waals surface area contributed by atoms with Crippen molar-refractivity contribution in [3.8, 4) is 0 Å². The highest BCUT2D eigenvalue weighted by Gasteiger charge is 2.25. The third kappa shape index (κ3) is 6.55. The summed E-state index contributed by atoms with van der Waals surface area (Å²) in [5, 5.41) is 5.96. The van der Waals surface area contributed by atoms with Crippen molar-refractivity contribution in [3.63, 3.8) is 0 Å². The standard InChI is InChI=1S/C24H26N6O5S/c31-22(35-29-36(33,34)20-6-2-1-3-7-20)13-16-25-23(32)18-9-11-19(12-10-18)30-17-4-8-21(30)28-24-26-14-5-15-27-24/h1-3,5-7,9-12,14-15,21,29H,4,8,13,16-17H2,(H,25,32)(H,26,27,28). The predicted octanol–water partition coefficient (Wildman–Crippen LogP) is 2.07. The van der Waals surface area contributed by atoms with Gasteiger partial charge in [0.25, 0.3) is 15.9 Å². The Hall–Kier alpha value is -4.03. The molecule has 188 valence electrons. The van der Waals surface area contributed by atoms with Crippen LogP contribution in [0.3, 0.4) is 0 Å². The molecular weight excluding hydrogens is 484 g/mol. The summed E-state index contributed by atoms with van der Waals surface area (Å²) in [6, 6.07) is 16.5. The van der Waals surface area contributed by atoms with Crippen molar-refractivity contribution in [2.75, 3.05) is 23.3 Å². The van der Waals surface area contributed by atoms with E-state index in [-0.39, 0.29) is 29.9 Å². The highest BCUT2D eigenvalue weighted by Crippen LogP contribution is 2.26. The highest BCUT2D eigenvalue weighted by molar-refractivity contribution is 7.89. The van der Waals surface area contributed by atoms with Gasteiger partial charge >= 0.3 is 5.97 Å². The van der Waals surface area contributed by atoms with E-state index in [1.807, 2.05) is 12.1 Å². The Morgan fingerprint density at radius 2 is 1.72 bits per heavy atom. The monoisotopic (exact) mass is 510 g/mol. The highest BCUT2D eigenvalue weighted by atomic mass is 32.2. The van der Waals surface area contributed by atoms with E-state index in [1.54, 1.807) is 53.7 Å². The third-order valence-corrected chi connectivity index (χ3v) is 6.70. The molecule has 1 fully saturated rings. The van der Waals surface area contributed by atoms with Crippen LogP contribution in [0.1, 0.15) is 29.6 Å². The molecule has 1 aliphatic rings. The second-order valence-corrected chi connectivity index (χ2v) is 9.64. The molecule has 0 spiro atoms.